The van der Waals surface area contributed by atoms with Crippen LogP contribution in [0.5, 0.6) is 0 Å². The maximum Gasteiger partial charge on any atom is 0.0622 e. The van der Waals surface area contributed by atoms with Gasteiger partial charge in [0.1, 0.15) is 0 Å². The minimum absolute atomic E-state index is 0.622. The van der Waals surface area contributed by atoms with Crippen molar-refractivity contribution in [3.63, 3.8) is 0 Å². The van der Waals surface area contributed by atoms with Crippen LogP contribution in [-0.4, -0.2) is 11.1 Å². The molecule has 0 spiro atoms. The van der Waals surface area contributed by atoms with Crippen LogP contribution in [0.2, 0.25) is 0 Å². The third-order valence-electron chi connectivity index (χ3n) is 3.11. The van der Waals surface area contributed by atoms with E-state index in [9.17, 15) is 0 Å². The Morgan fingerprint density at radius 3 is 3.00 bits per heavy atom. The minimum Gasteiger partial charge on any atom is -0.347 e. The summed E-state index contributed by atoms with van der Waals surface area (Å²) >= 11 is 0. The molecule has 1 heterocycles. The van der Waals surface area contributed by atoms with Gasteiger partial charge in [-0.05, 0) is 36.0 Å². The van der Waals surface area contributed by atoms with E-state index >= 15 is 0 Å². The molecule has 0 aliphatic heterocycles. The van der Waals surface area contributed by atoms with E-state index in [1.165, 1.54) is 16.5 Å². The molecule has 3 heteroatoms. The number of fused-ring (bicyclic) bond motifs is 1. The number of rotatable bonds is 6. The largest absolute Gasteiger partial charge is 0.347 e. The lowest BCUT2D eigenvalue weighted by Crippen LogP contribution is -2.11. The number of unbranched alkanes of at least 4 members (excludes halogenated alkanes) is 1. The number of hydrogen-bond acceptors (Lipinski definition) is 2. The van der Waals surface area contributed by atoms with Crippen molar-refractivity contribution in [3.8, 4) is 6.07 Å². The Kier molecular flexibility index (Phi) is 4.38. The van der Waals surface area contributed by atoms with Crippen molar-refractivity contribution in [2.75, 3.05) is 6.54 Å². The molecule has 2 rings (SSSR count). The fourth-order valence-electron chi connectivity index (χ4n) is 2.13. The maximum atomic E-state index is 8.58. The summed E-state index contributed by atoms with van der Waals surface area (Å²) in [4.78, 5) is 0. The SMILES string of the molecule is CCNCc1ccc2ccn(CCCC#N)c2c1. The second-order valence-electron chi connectivity index (χ2n) is 4.44. The van der Waals surface area contributed by atoms with Crippen molar-refractivity contribution < 1.29 is 0 Å². The van der Waals surface area contributed by atoms with E-state index in [1.807, 2.05) is 0 Å². The van der Waals surface area contributed by atoms with Gasteiger partial charge in [-0.1, -0.05) is 19.1 Å². The van der Waals surface area contributed by atoms with Gasteiger partial charge in [0.25, 0.3) is 0 Å². The molecule has 1 aromatic carbocycles. The monoisotopic (exact) mass is 241 g/mol. The van der Waals surface area contributed by atoms with Gasteiger partial charge >= 0.3 is 0 Å². The van der Waals surface area contributed by atoms with E-state index in [4.69, 9.17) is 5.26 Å². The molecule has 0 saturated heterocycles. The summed E-state index contributed by atoms with van der Waals surface area (Å²) < 4.78 is 2.24. The van der Waals surface area contributed by atoms with Gasteiger partial charge in [-0.15, -0.1) is 0 Å². The van der Waals surface area contributed by atoms with Crippen molar-refractivity contribution in [2.45, 2.75) is 32.9 Å². The molecule has 18 heavy (non-hydrogen) atoms. The topological polar surface area (TPSA) is 40.8 Å². The predicted octanol–water partition coefficient (Wildman–Crippen LogP) is 3.05. The van der Waals surface area contributed by atoms with Gasteiger partial charge in [0.2, 0.25) is 0 Å². The fraction of sp³-hybridized carbons (Fsp3) is 0.400. The van der Waals surface area contributed by atoms with Crippen LogP contribution in [-0.2, 0) is 13.1 Å². The molecular weight excluding hydrogens is 222 g/mol. The second kappa shape index (κ2) is 6.23. The molecule has 94 valence electrons. The van der Waals surface area contributed by atoms with Crippen LogP contribution in [0.4, 0.5) is 0 Å². The first kappa shape index (κ1) is 12.7. The number of benzene rings is 1. The number of nitrogens with zero attached hydrogens (tertiary/aromatic N) is 2. The fourth-order valence-corrected chi connectivity index (χ4v) is 2.13. The molecule has 1 aromatic heterocycles. The quantitative estimate of drug-likeness (QED) is 0.790. The second-order valence-corrected chi connectivity index (χ2v) is 4.44. The molecule has 0 saturated carbocycles. The molecular formula is C15H19N3. The Morgan fingerprint density at radius 1 is 1.33 bits per heavy atom. The van der Waals surface area contributed by atoms with Gasteiger partial charge in [-0.3, -0.25) is 0 Å². The summed E-state index contributed by atoms with van der Waals surface area (Å²) in [5.41, 5.74) is 2.58. The zero-order valence-electron chi connectivity index (χ0n) is 10.8. The number of hydrogen-bond donors (Lipinski definition) is 1. The summed E-state index contributed by atoms with van der Waals surface area (Å²) in [5, 5.41) is 13.2. The molecule has 0 radical (unpaired) electrons. The van der Waals surface area contributed by atoms with Crippen molar-refractivity contribution in [2.24, 2.45) is 0 Å². The van der Waals surface area contributed by atoms with Gasteiger partial charge in [-0.25, -0.2) is 0 Å². The third kappa shape index (κ3) is 2.91. The van der Waals surface area contributed by atoms with Gasteiger partial charge < -0.3 is 9.88 Å². The van der Waals surface area contributed by atoms with E-state index < -0.39 is 0 Å². The molecule has 0 aliphatic carbocycles. The average molecular weight is 241 g/mol. The maximum absolute atomic E-state index is 8.58. The van der Waals surface area contributed by atoms with E-state index in [-0.39, 0.29) is 0 Å². The molecule has 0 fully saturated rings. The molecule has 0 unspecified atom stereocenters. The van der Waals surface area contributed by atoms with E-state index in [0.29, 0.717) is 6.42 Å². The predicted molar refractivity (Wildman–Crippen MR) is 74.2 cm³/mol. The summed E-state index contributed by atoms with van der Waals surface area (Å²) in [6, 6.07) is 10.9. The Morgan fingerprint density at radius 2 is 2.22 bits per heavy atom. The zero-order valence-corrected chi connectivity index (χ0v) is 10.8. The van der Waals surface area contributed by atoms with Gasteiger partial charge in [0.15, 0.2) is 0 Å². The third-order valence-corrected chi connectivity index (χ3v) is 3.11. The number of aromatic nitrogens is 1. The van der Waals surface area contributed by atoms with Gasteiger partial charge in [0, 0.05) is 31.2 Å². The summed E-state index contributed by atoms with van der Waals surface area (Å²) in [5.74, 6) is 0. The Balaban J connectivity index is 2.18. The summed E-state index contributed by atoms with van der Waals surface area (Å²) in [7, 11) is 0. The molecule has 0 atom stereocenters. The normalized spacial score (nSPS) is 10.7. The average Bonchev–Trinajstić information content (AvgIpc) is 2.79. The molecule has 0 bridgehead atoms. The standard InChI is InChI=1S/C15H19N3/c1-2-17-12-13-5-6-14-7-10-18(15(14)11-13)9-4-3-8-16/h5-7,10-11,17H,2-4,9,12H2,1H3. The first-order valence-corrected chi connectivity index (χ1v) is 6.50. The van der Waals surface area contributed by atoms with Gasteiger partial charge in [-0.2, -0.15) is 5.26 Å². The Labute approximate surface area is 108 Å². The highest BCUT2D eigenvalue weighted by Crippen LogP contribution is 2.18. The molecule has 3 nitrogen and oxygen atoms in total. The molecule has 0 amide bonds. The number of aryl methyl sites for hydroxylation is 1. The van der Waals surface area contributed by atoms with Gasteiger partial charge in [0.05, 0.1) is 6.07 Å². The van der Waals surface area contributed by atoms with E-state index in [0.717, 1.165) is 26.1 Å². The van der Waals surface area contributed by atoms with Crippen molar-refractivity contribution >= 4 is 10.9 Å². The van der Waals surface area contributed by atoms with Crippen molar-refractivity contribution in [1.29, 1.82) is 5.26 Å². The van der Waals surface area contributed by atoms with E-state index in [1.54, 1.807) is 0 Å². The smallest absolute Gasteiger partial charge is 0.0622 e. The van der Waals surface area contributed by atoms with Crippen LogP contribution in [0.3, 0.4) is 0 Å². The highest BCUT2D eigenvalue weighted by molar-refractivity contribution is 5.80. The molecule has 0 aliphatic rings. The van der Waals surface area contributed by atoms with Crippen LogP contribution in [0.15, 0.2) is 30.5 Å². The molecule has 1 N–H and O–H groups in total. The van der Waals surface area contributed by atoms with Crippen LogP contribution in [0.1, 0.15) is 25.3 Å². The lowest BCUT2D eigenvalue weighted by molar-refractivity contribution is 0.673. The van der Waals surface area contributed by atoms with Crippen LogP contribution < -0.4 is 5.32 Å². The minimum atomic E-state index is 0.622. The first-order chi connectivity index (χ1) is 8.85. The van der Waals surface area contributed by atoms with Crippen LogP contribution in [0, 0.1) is 11.3 Å². The number of nitriles is 1. The summed E-state index contributed by atoms with van der Waals surface area (Å²) in [6.45, 7) is 4.93. The first-order valence-electron chi connectivity index (χ1n) is 6.50. The highest BCUT2D eigenvalue weighted by atomic mass is 14.9. The van der Waals surface area contributed by atoms with E-state index in [2.05, 4.69) is 53.3 Å². The zero-order chi connectivity index (χ0) is 12.8. The van der Waals surface area contributed by atoms with Crippen molar-refractivity contribution in [3.05, 3.63) is 36.0 Å². The van der Waals surface area contributed by atoms with Crippen LogP contribution in [0.25, 0.3) is 10.9 Å². The number of nitrogens with one attached hydrogen (secondary N) is 1. The lowest BCUT2D eigenvalue weighted by atomic mass is 10.1. The van der Waals surface area contributed by atoms with Crippen molar-refractivity contribution in [1.82, 2.24) is 9.88 Å². The summed E-state index contributed by atoms with van der Waals surface area (Å²) in [6.07, 6.45) is 3.65. The Bertz CT molecular complexity index is 548. The Hall–Kier alpha value is -1.79. The highest BCUT2D eigenvalue weighted by Gasteiger charge is 2.02. The molecule has 2 aromatic rings. The van der Waals surface area contributed by atoms with Crippen LogP contribution >= 0.6 is 0 Å². The lowest BCUT2D eigenvalue weighted by Gasteiger charge is -2.06.